The van der Waals surface area contributed by atoms with Crippen LogP contribution < -0.4 is 21.3 Å². The van der Waals surface area contributed by atoms with Crippen molar-refractivity contribution in [3.8, 4) is 0 Å². The van der Waals surface area contributed by atoms with Crippen LogP contribution in [-0.4, -0.2) is 94.0 Å². The van der Waals surface area contributed by atoms with Crippen LogP contribution in [0, 0.1) is 10.8 Å². The van der Waals surface area contributed by atoms with Crippen LogP contribution in [-0.2, 0) is 40.2 Å². The van der Waals surface area contributed by atoms with Gasteiger partial charge >= 0.3 is 0 Å². The maximum Gasteiger partial charge on any atom is 0.0706 e. The average molecular weight is 743 g/mol. The van der Waals surface area contributed by atoms with E-state index in [-0.39, 0.29) is 75.2 Å². The molecule has 0 saturated heterocycles. The normalized spacial score (nSPS) is 16.5. The fraction of sp³-hybridized carbons (Fsp3) is 0.846. The van der Waals surface area contributed by atoms with Gasteiger partial charge in [0.25, 0.3) is 0 Å². The van der Waals surface area contributed by atoms with Gasteiger partial charge < -0.3 is 42.1 Å². The zero-order valence-electron chi connectivity index (χ0n) is 26.5. The van der Waals surface area contributed by atoms with Gasteiger partial charge in [0.15, 0.2) is 0 Å². The predicted molar refractivity (Wildman–Crippen MR) is 157 cm³/mol. The van der Waals surface area contributed by atoms with E-state index in [1.54, 1.807) is 27.7 Å². The zero-order valence-corrected chi connectivity index (χ0v) is 30.2. The van der Waals surface area contributed by atoms with Crippen LogP contribution in [0.15, 0.2) is 20.6 Å². The van der Waals surface area contributed by atoms with Gasteiger partial charge in [-0.1, -0.05) is 48.3 Å². The molecule has 0 bridgehead atoms. The molecule has 0 unspecified atom stereocenters. The topological polar surface area (TPSA) is 178 Å². The SMILES string of the molecule is C/C(=N\O)[C@@H](C)NCC(C)(C)CN[C@H](C)/C(C)=N/O.C/C(=N\O)[C@H](C)NCC(C)(C)CN[C@@H](C)/C(C)=N/O.[99Tc].[99Tc]. The number of hydrogen-bond acceptors (Lipinski definition) is 12. The smallest absolute Gasteiger partial charge is 0.0706 e. The fourth-order valence-corrected chi connectivity index (χ4v) is 2.78. The van der Waals surface area contributed by atoms with Crippen LogP contribution in [0.25, 0.3) is 0 Å². The zero-order chi connectivity index (χ0) is 30.1. The van der Waals surface area contributed by atoms with E-state index in [0.29, 0.717) is 22.8 Å². The summed E-state index contributed by atoms with van der Waals surface area (Å²) in [5.41, 5.74) is 2.74. The number of nitrogens with zero attached hydrogens (tertiary/aromatic N) is 4. The van der Waals surface area contributed by atoms with Gasteiger partial charge in [0.2, 0.25) is 0 Å². The van der Waals surface area contributed by atoms with Gasteiger partial charge in [-0.25, -0.2) is 0 Å². The van der Waals surface area contributed by atoms with Crippen LogP contribution in [0.2, 0.25) is 0 Å². The van der Waals surface area contributed by atoms with E-state index >= 15 is 0 Å². The van der Waals surface area contributed by atoms with E-state index in [9.17, 15) is 0 Å². The third-order valence-electron chi connectivity index (χ3n) is 6.68. The molecule has 0 aliphatic carbocycles. The van der Waals surface area contributed by atoms with Gasteiger partial charge in [-0.2, -0.15) is 0 Å². The van der Waals surface area contributed by atoms with Crippen molar-refractivity contribution in [2.75, 3.05) is 26.2 Å². The Balaban J connectivity index is -0.000000309. The first-order valence-electron chi connectivity index (χ1n) is 13.1. The van der Waals surface area contributed by atoms with Gasteiger partial charge in [-0.3, -0.25) is 0 Å². The van der Waals surface area contributed by atoms with Crippen molar-refractivity contribution < 1.29 is 61.0 Å². The maximum absolute atomic E-state index is 8.70. The Morgan fingerprint density at radius 2 is 0.625 bits per heavy atom. The van der Waals surface area contributed by atoms with Crippen LogP contribution in [0.1, 0.15) is 83.1 Å². The average Bonchev–Trinajstić information content (AvgIpc) is 2.90. The molecule has 0 saturated carbocycles. The molecule has 0 aliphatic heterocycles. The standard InChI is InChI=1S/2C13H28N4O2.2Tc/c2*1-9(11(3)16-18)14-7-13(5,6)8-15-10(2)12(4)17-19;;/h2*9-10,14-15,18-19H,7-8H2,1-6H3;;/b2*16-11+,17-12+;;/t2*9-,10-;;/m10../s1/i;;2*1+1. The second-order valence-corrected chi connectivity index (χ2v) is 11.7. The minimum absolute atomic E-state index is 0. The molecule has 0 fully saturated rings. The molecule has 12 nitrogen and oxygen atoms in total. The molecular weight excluding hydrogens is 686 g/mol. The minimum atomic E-state index is 0. The molecule has 0 aromatic heterocycles. The molecule has 0 aliphatic rings. The van der Waals surface area contributed by atoms with Gasteiger partial charge in [-0.05, 0) is 66.2 Å². The largest absolute Gasteiger partial charge is 0.411 e. The second-order valence-electron chi connectivity index (χ2n) is 11.7. The van der Waals surface area contributed by atoms with Crippen molar-refractivity contribution in [3.63, 3.8) is 0 Å². The summed E-state index contributed by atoms with van der Waals surface area (Å²) >= 11 is 0. The van der Waals surface area contributed by atoms with Crippen molar-refractivity contribution in [3.05, 3.63) is 0 Å². The summed E-state index contributed by atoms with van der Waals surface area (Å²) in [6.07, 6.45) is 0. The van der Waals surface area contributed by atoms with E-state index in [2.05, 4.69) is 69.6 Å². The first kappa shape index (κ1) is 46.0. The molecule has 4 atom stereocenters. The Hall–Kier alpha value is -0.981. The Bertz CT molecular complexity index is 669. The quantitative estimate of drug-likeness (QED) is 0.0675. The van der Waals surface area contributed by atoms with E-state index in [1.165, 1.54) is 0 Å². The van der Waals surface area contributed by atoms with Gasteiger partial charge in [-0.15, -0.1) is 0 Å². The van der Waals surface area contributed by atoms with Crippen LogP contribution in [0.4, 0.5) is 0 Å². The molecule has 238 valence electrons. The summed E-state index contributed by atoms with van der Waals surface area (Å²) < 4.78 is 0. The number of rotatable bonds is 16. The molecule has 2 radical (unpaired) electrons. The molecule has 8 N–H and O–H groups in total. The first-order chi connectivity index (χ1) is 17.5. The summed E-state index contributed by atoms with van der Waals surface area (Å²) in [6.45, 7) is 26.7. The number of hydrogen-bond donors (Lipinski definition) is 8. The summed E-state index contributed by atoms with van der Waals surface area (Å²) in [5.74, 6) is 0. The molecule has 0 amide bonds. The second kappa shape index (κ2) is 23.6. The molecule has 0 rings (SSSR count). The van der Waals surface area contributed by atoms with Crippen molar-refractivity contribution in [2.24, 2.45) is 31.5 Å². The summed E-state index contributed by atoms with van der Waals surface area (Å²) in [6, 6.07) is 0.176. The molecule has 40 heavy (non-hydrogen) atoms. The Kier molecular flexibility index (Phi) is 27.1. The van der Waals surface area contributed by atoms with Crippen LogP contribution in [0.3, 0.4) is 0 Å². The maximum atomic E-state index is 8.70. The minimum Gasteiger partial charge on any atom is -0.411 e. The molecule has 0 spiro atoms. The van der Waals surface area contributed by atoms with E-state index in [0.717, 1.165) is 26.2 Å². The van der Waals surface area contributed by atoms with Crippen molar-refractivity contribution in [1.82, 2.24) is 21.3 Å². The Morgan fingerprint density at radius 3 is 0.750 bits per heavy atom. The summed E-state index contributed by atoms with van der Waals surface area (Å²) in [5, 5.41) is 60.9. The first-order valence-corrected chi connectivity index (χ1v) is 13.1. The van der Waals surface area contributed by atoms with Crippen molar-refractivity contribution in [2.45, 2.75) is 107 Å². The van der Waals surface area contributed by atoms with Crippen LogP contribution >= 0.6 is 0 Å². The van der Waals surface area contributed by atoms with E-state index in [4.69, 9.17) is 20.8 Å². The molecule has 0 aromatic carbocycles. The molecule has 14 heteroatoms. The van der Waals surface area contributed by atoms with Crippen LogP contribution in [0.5, 0.6) is 0 Å². The molecular formula is C26H56N8O4Tc2. The van der Waals surface area contributed by atoms with E-state index < -0.39 is 0 Å². The fourth-order valence-electron chi connectivity index (χ4n) is 2.78. The number of oxime groups is 4. The monoisotopic (exact) mass is 742 g/mol. The molecule has 0 heterocycles. The van der Waals surface area contributed by atoms with Crippen molar-refractivity contribution in [1.29, 1.82) is 0 Å². The van der Waals surface area contributed by atoms with Gasteiger partial charge in [0.1, 0.15) is 0 Å². The third kappa shape index (κ3) is 21.7. The van der Waals surface area contributed by atoms with Gasteiger partial charge in [0.05, 0.1) is 22.8 Å². The Labute approximate surface area is 269 Å². The van der Waals surface area contributed by atoms with Crippen molar-refractivity contribution >= 4 is 22.8 Å². The third-order valence-corrected chi connectivity index (χ3v) is 6.68. The molecule has 0 aromatic rings. The van der Waals surface area contributed by atoms with Gasteiger partial charge in [0, 0.05) is 90.6 Å². The number of nitrogens with one attached hydrogen (secondary N) is 4. The van der Waals surface area contributed by atoms with E-state index in [1.807, 2.05) is 27.7 Å². The summed E-state index contributed by atoms with van der Waals surface area (Å²) in [7, 11) is 0. The predicted octanol–water partition coefficient (Wildman–Crippen LogP) is 3.33. The summed E-state index contributed by atoms with van der Waals surface area (Å²) in [4.78, 5) is 0. The Morgan fingerprint density at radius 1 is 0.475 bits per heavy atom.